The summed E-state index contributed by atoms with van der Waals surface area (Å²) in [6.07, 6.45) is -0.477. The molecule has 2 amide bonds. The Morgan fingerprint density at radius 2 is 1.74 bits per heavy atom. The lowest BCUT2D eigenvalue weighted by molar-refractivity contribution is -0.142. The van der Waals surface area contributed by atoms with Gasteiger partial charge in [0.2, 0.25) is 5.91 Å². The van der Waals surface area contributed by atoms with Gasteiger partial charge in [-0.3, -0.25) is 9.59 Å². The Morgan fingerprint density at radius 1 is 1.12 bits per heavy atom. The summed E-state index contributed by atoms with van der Waals surface area (Å²) in [5, 5.41) is 11.8. The Bertz CT molecular complexity index is 1030. The monoisotopic (exact) mass is 465 g/mol. The Hall–Kier alpha value is -3.39. The number of benzene rings is 2. The number of likely N-dealkylation sites (N-methyl/N-ethyl adjacent to an activating group) is 2. The topological polar surface area (TPSA) is 99.2 Å². The molecule has 0 saturated carbocycles. The van der Waals surface area contributed by atoms with Crippen LogP contribution in [0.3, 0.4) is 0 Å². The van der Waals surface area contributed by atoms with E-state index in [2.05, 4.69) is 17.1 Å². The van der Waals surface area contributed by atoms with Gasteiger partial charge < -0.3 is 25.0 Å². The van der Waals surface area contributed by atoms with Gasteiger partial charge in [-0.1, -0.05) is 55.5 Å². The van der Waals surface area contributed by atoms with E-state index < -0.39 is 30.4 Å². The normalized spacial score (nSPS) is 18.1. The lowest BCUT2D eigenvalue weighted by Crippen LogP contribution is -2.51. The number of rotatable bonds is 8. The summed E-state index contributed by atoms with van der Waals surface area (Å²) in [6, 6.07) is 14.8. The third-order valence-electron chi connectivity index (χ3n) is 6.90. The zero-order chi connectivity index (χ0) is 24.2. The van der Waals surface area contributed by atoms with Crippen LogP contribution in [0.1, 0.15) is 36.8 Å². The Morgan fingerprint density at radius 3 is 2.29 bits per heavy atom. The summed E-state index contributed by atoms with van der Waals surface area (Å²) in [5.74, 6) is -1.70. The van der Waals surface area contributed by atoms with Gasteiger partial charge >= 0.3 is 12.1 Å². The first-order valence-electron chi connectivity index (χ1n) is 11.7. The third-order valence-corrected chi connectivity index (χ3v) is 6.90. The number of carboxylic acid groups (broad SMARTS) is 1. The molecule has 1 aliphatic heterocycles. The Labute approximate surface area is 199 Å². The SMILES string of the molecule is CCN1CCC(N(C)C(=O)C(CC(=O)O)NC(=O)OCC2c3ccccc3-c3ccccc32)C1. The van der Waals surface area contributed by atoms with Crippen LogP contribution in [0.25, 0.3) is 11.1 Å². The number of carbonyl (C=O) groups is 3. The highest BCUT2D eigenvalue weighted by Gasteiger charge is 2.34. The van der Waals surface area contributed by atoms with Crippen molar-refractivity contribution in [2.45, 2.75) is 37.8 Å². The van der Waals surface area contributed by atoms with Crippen LogP contribution in [-0.4, -0.2) is 78.2 Å². The van der Waals surface area contributed by atoms with Gasteiger partial charge in [0.15, 0.2) is 0 Å². The molecule has 0 bridgehead atoms. The minimum atomic E-state index is -1.19. The molecule has 1 heterocycles. The van der Waals surface area contributed by atoms with Gasteiger partial charge in [-0.05, 0) is 35.2 Å². The smallest absolute Gasteiger partial charge is 0.407 e. The maximum absolute atomic E-state index is 13.1. The lowest BCUT2D eigenvalue weighted by Gasteiger charge is -2.28. The molecule has 2 atom stereocenters. The molecule has 34 heavy (non-hydrogen) atoms. The van der Waals surface area contributed by atoms with Gasteiger partial charge in [0.1, 0.15) is 12.6 Å². The van der Waals surface area contributed by atoms with Crippen molar-refractivity contribution in [2.75, 3.05) is 33.3 Å². The third kappa shape index (κ3) is 4.92. The van der Waals surface area contributed by atoms with Crippen LogP contribution in [0.4, 0.5) is 4.79 Å². The summed E-state index contributed by atoms with van der Waals surface area (Å²) in [4.78, 5) is 40.9. The molecule has 2 aromatic carbocycles. The molecule has 8 nitrogen and oxygen atoms in total. The van der Waals surface area contributed by atoms with Crippen molar-refractivity contribution in [3.63, 3.8) is 0 Å². The molecule has 2 unspecified atom stereocenters. The summed E-state index contributed by atoms with van der Waals surface area (Å²) < 4.78 is 5.52. The van der Waals surface area contributed by atoms with Crippen molar-refractivity contribution in [1.82, 2.24) is 15.1 Å². The van der Waals surface area contributed by atoms with Crippen molar-refractivity contribution < 1.29 is 24.2 Å². The van der Waals surface area contributed by atoms with E-state index in [0.29, 0.717) is 0 Å². The maximum atomic E-state index is 13.1. The second kappa shape index (κ2) is 10.3. The number of nitrogens with one attached hydrogen (secondary N) is 1. The maximum Gasteiger partial charge on any atom is 0.407 e. The van der Waals surface area contributed by atoms with E-state index in [9.17, 15) is 19.5 Å². The molecule has 2 aliphatic rings. The largest absolute Gasteiger partial charge is 0.481 e. The first-order valence-corrected chi connectivity index (χ1v) is 11.7. The minimum Gasteiger partial charge on any atom is -0.481 e. The standard InChI is InChI=1S/C26H31N3O5/c1-3-29-13-12-17(15-29)28(2)25(32)23(14-24(30)31)27-26(33)34-16-22-20-10-6-4-8-18(20)19-9-5-7-11-21(19)22/h4-11,17,22-23H,3,12-16H2,1-2H3,(H,27,33)(H,30,31). The molecule has 180 valence electrons. The van der Waals surface area contributed by atoms with Crippen LogP contribution in [0.2, 0.25) is 0 Å². The number of alkyl carbamates (subject to hydrolysis) is 1. The summed E-state index contributed by atoms with van der Waals surface area (Å²) in [6.45, 7) is 4.69. The van der Waals surface area contributed by atoms with Gasteiger partial charge in [0, 0.05) is 32.1 Å². The van der Waals surface area contributed by atoms with Crippen LogP contribution in [0.15, 0.2) is 48.5 Å². The van der Waals surface area contributed by atoms with E-state index in [-0.39, 0.29) is 18.6 Å². The number of hydrogen-bond acceptors (Lipinski definition) is 5. The van der Waals surface area contributed by atoms with Crippen LogP contribution in [-0.2, 0) is 14.3 Å². The van der Waals surface area contributed by atoms with E-state index >= 15 is 0 Å². The van der Waals surface area contributed by atoms with Gasteiger partial charge in [-0.2, -0.15) is 0 Å². The highest BCUT2D eigenvalue weighted by atomic mass is 16.5. The first kappa shape index (κ1) is 23.8. The van der Waals surface area contributed by atoms with Crippen LogP contribution in [0, 0.1) is 0 Å². The molecule has 1 fully saturated rings. The number of carboxylic acids is 1. The minimum absolute atomic E-state index is 0.00643. The van der Waals surface area contributed by atoms with Gasteiger partial charge in [0.25, 0.3) is 0 Å². The van der Waals surface area contributed by atoms with Crippen LogP contribution in [0.5, 0.6) is 0 Å². The molecule has 8 heteroatoms. The number of fused-ring (bicyclic) bond motifs is 3. The number of aliphatic carboxylic acids is 1. The molecular formula is C26H31N3O5. The highest BCUT2D eigenvalue weighted by molar-refractivity contribution is 5.89. The molecule has 0 radical (unpaired) electrons. The fraction of sp³-hybridized carbons (Fsp3) is 0.423. The fourth-order valence-corrected chi connectivity index (χ4v) is 5.00. The average molecular weight is 466 g/mol. The molecule has 1 saturated heterocycles. The molecule has 0 spiro atoms. The second-order valence-corrected chi connectivity index (χ2v) is 8.91. The number of hydrogen-bond donors (Lipinski definition) is 2. The van der Waals surface area contributed by atoms with Crippen molar-refractivity contribution in [1.29, 1.82) is 0 Å². The van der Waals surface area contributed by atoms with Crippen molar-refractivity contribution in [2.24, 2.45) is 0 Å². The van der Waals surface area contributed by atoms with E-state index in [4.69, 9.17) is 4.74 Å². The van der Waals surface area contributed by atoms with Gasteiger partial charge in [0.05, 0.1) is 6.42 Å². The molecule has 2 N–H and O–H groups in total. The molecular weight excluding hydrogens is 434 g/mol. The summed E-state index contributed by atoms with van der Waals surface area (Å²) >= 11 is 0. The zero-order valence-electron chi connectivity index (χ0n) is 19.6. The predicted octanol–water partition coefficient (Wildman–Crippen LogP) is 2.92. The number of ether oxygens (including phenoxy) is 1. The molecule has 2 aromatic rings. The van der Waals surface area contributed by atoms with Crippen LogP contribution < -0.4 is 5.32 Å². The number of amides is 2. The molecule has 1 aliphatic carbocycles. The predicted molar refractivity (Wildman–Crippen MR) is 128 cm³/mol. The molecule has 4 rings (SSSR count). The van der Waals surface area contributed by atoms with E-state index in [1.165, 1.54) is 0 Å². The quantitative estimate of drug-likeness (QED) is 0.622. The Kier molecular flexibility index (Phi) is 7.17. The summed E-state index contributed by atoms with van der Waals surface area (Å²) in [7, 11) is 1.67. The number of nitrogens with zero attached hydrogens (tertiary/aromatic N) is 2. The van der Waals surface area contributed by atoms with E-state index in [1.807, 2.05) is 48.5 Å². The van der Waals surface area contributed by atoms with Crippen molar-refractivity contribution in [3.05, 3.63) is 59.7 Å². The van der Waals surface area contributed by atoms with Gasteiger partial charge in [-0.25, -0.2) is 4.79 Å². The molecule has 0 aromatic heterocycles. The van der Waals surface area contributed by atoms with E-state index in [1.54, 1.807) is 11.9 Å². The van der Waals surface area contributed by atoms with Crippen molar-refractivity contribution >= 4 is 18.0 Å². The Balaban J connectivity index is 1.41. The second-order valence-electron chi connectivity index (χ2n) is 8.91. The lowest BCUT2D eigenvalue weighted by atomic mass is 9.98. The van der Waals surface area contributed by atoms with Gasteiger partial charge in [-0.15, -0.1) is 0 Å². The van der Waals surface area contributed by atoms with Crippen molar-refractivity contribution in [3.8, 4) is 11.1 Å². The summed E-state index contributed by atoms with van der Waals surface area (Å²) in [5.41, 5.74) is 4.39. The number of carbonyl (C=O) groups excluding carboxylic acids is 2. The number of likely N-dealkylation sites (tertiary alicyclic amines) is 1. The zero-order valence-corrected chi connectivity index (χ0v) is 19.6. The average Bonchev–Trinajstić information content (AvgIpc) is 3.44. The fourth-order valence-electron chi connectivity index (χ4n) is 5.00. The van der Waals surface area contributed by atoms with E-state index in [0.717, 1.165) is 48.3 Å². The van der Waals surface area contributed by atoms with Crippen LogP contribution >= 0.6 is 0 Å². The first-order chi connectivity index (χ1) is 16.4. The highest BCUT2D eigenvalue weighted by Crippen LogP contribution is 2.44.